The van der Waals surface area contributed by atoms with Crippen LogP contribution in [0.15, 0.2) is 24.4 Å². The minimum absolute atomic E-state index is 0.0246. The van der Waals surface area contributed by atoms with E-state index < -0.39 is 15.6 Å². The maximum Gasteiger partial charge on any atom is 0.259 e. The molecule has 0 bridgehead atoms. The highest BCUT2D eigenvalue weighted by Gasteiger charge is 2.48. The van der Waals surface area contributed by atoms with Gasteiger partial charge in [0.2, 0.25) is 10.0 Å². The fourth-order valence-electron chi connectivity index (χ4n) is 6.96. The molecule has 5 N–H and O–H groups in total. The number of nitrogen functional groups attached to an aromatic ring is 1. The molecule has 1 aromatic carbocycles. The molecule has 3 fully saturated rings. The van der Waals surface area contributed by atoms with E-state index >= 15 is 0 Å². The summed E-state index contributed by atoms with van der Waals surface area (Å²) in [6, 6.07) is 5.24. The van der Waals surface area contributed by atoms with Crippen molar-refractivity contribution in [2.24, 2.45) is 11.8 Å². The Morgan fingerprint density at radius 2 is 1.88 bits per heavy atom. The van der Waals surface area contributed by atoms with E-state index in [1.165, 1.54) is 4.52 Å². The summed E-state index contributed by atoms with van der Waals surface area (Å²) in [4.78, 5) is 33.5. The van der Waals surface area contributed by atoms with E-state index in [0.29, 0.717) is 35.2 Å². The van der Waals surface area contributed by atoms with E-state index in [9.17, 15) is 23.1 Å². The van der Waals surface area contributed by atoms with Gasteiger partial charge in [-0.2, -0.15) is 0 Å². The Morgan fingerprint density at radius 3 is 2.53 bits per heavy atom. The van der Waals surface area contributed by atoms with Crippen molar-refractivity contribution >= 4 is 39.0 Å². The third-order valence-corrected chi connectivity index (χ3v) is 10.3. The molecule has 2 aromatic heterocycles. The van der Waals surface area contributed by atoms with Crippen molar-refractivity contribution in [3.05, 3.63) is 41.1 Å². The highest BCUT2D eigenvalue weighted by atomic mass is 32.2. The molecule has 4 aliphatic rings. The molecule has 0 saturated heterocycles. The molecule has 3 saturated carbocycles. The summed E-state index contributed by atoms with van der Waals surface area (Å²) in [6.45, 7) is 2.42. The molecule has 2 amide bonds. The van der Waals surface area contributed by atoms with Crippen molar-refractivity contribution in [1.82, 2.24) is 24.8 Å². The molecule has 3 aromatic rings. The van der Waals surface area contributed by atoms with Gasteiger partial charge in [0, 0.05) is 30.4 Å². The van der Waals surface area contributed by atoms with Gasteiger partial charge in [-0.25, -0.2) is 17.9 Å². The minimum atomic E-state index is -3.67. The molecule has 3 aliphatic carbocycles. The number of amides is 2. The second-order valence-corrected chi connectivity index (χ2v) is 14.7. The smallest absolute Gasteiger partial charge is 0.259 e. The number of aliphatic hydroxyl groups is 1. The number of anilines is 2. The number of aromatic nitrogens is 3. The number of nitrogens with one attached hydrogen (secondary N) is 2. The molecule has 1 atom stereocenters. The van der Waals surface area contributed by atoms with Crippen LogP contribution in [-0.2, 0) is 16.6 Å². The van der Waals surface area contributed by atoms with Crippen molar-refractivity contribution in [3.63, 3.8) is 0 Å². The number of nitrogens with two attached hydrogens (primary N) is 1. The molecule has 12 nitrogen and oxygen atoms in total. The lowest BCUT2D eigenvalue weighted by atomic mass is 9.81. The Kier molecular flexibility index (Phi) is 6.47. The van der Waals surface area contributed by atoms with Crippen molar-refractivity contribution in [2.45, 2.75) is 82.5 Å². The van der Waals surface area contributed by atoms with Crippen LogP contribution in [0.5, 0.6) is 0 Å². The van der Waals surface area contributed by atoms with Crippen molar-refractivity contribution in [1.29, 1.82) is 0 Å². The highest BCUT2D eigenvalue weighted by molar-refractivity contribution is 7.92. The zero-order chi connectivity index (χ0) is 30.3. The first-order valence-electron chi connectivity index (χ1n) is 15.0. The Morgan fingerprint density at radius 1 is 1.16 bits per heavy atom. The van der Waals surface area contributed by atoms with Gasteiger partial charge in [-0.1, -0.05) is 0 Å². The molecule has 228 valence electrons. The molecule has 43 heavy (non-hydrogen) atoms. The number of hydrogen-bond donors (Lipinski definition) is 4. The van der Waals surface area contributed by atoms with Crippen LogP contribution in [0.3, 0.4) is 0 Å². The minimum Gasteiger partial charge on any atom is -0.390 e. The van der Waals surface area contributed by atoms with E-state index in [2.05, 4.69) is 15.1 Å². The summed E-state index contributed by atoms with van der Waals surface area (Å²) >= 11 is 0. The second kappa shape index (κ2) is 9.91. The van der Waals surface area contributed by atoms with Gasteiger partial charge >= 0.3 is 0 Å². The third kappa shape index (κ3) is 5.22. The van der Waals surface area contributed by atoms with Crippen LogP contribution in [0.25, 0.3) is 16.9 Å². The number of benzene rings is 1. The average molecular weight is 608 g/mol. The molecule has 3 heterocycles. The Bertz CT molecular complexity index is 1750. The van der Waals surface area contributed by atoms with Gasteiger partial charge in [0.1, 0.15) is 5.56 Å². The van der Waals surface area contributed by atoms with Crippen LogP contribution in [0, 0.1) is 11.8 Å². The summed E-state index contributed by atoms with van der Waals surface area (Å²) in [6.07, 6.45) is 9.94. The van der Waals surface area contributed by atoms with Crippen LogP contribution in [-0.4, -0.2) is 68.8 Å². The SMILES string of the molecule is C[C@@H](C1CC1)N1Cc2cc(-c3ccn4nc(N)c(C(=O)NC5CCC(C6(O)CC6)CC5)c4n3)cc(NS(C)(=O)=O)c2C1=O. The van der Waals surface area contributed by atoms with Crippen molar-refractivity contribution < 1.29 is 23.1 Å². The maximum atomic E-state index is 13.5. The largest absolute Gasteiger partial charge is 0.390 e. The monoisotopic (exact) mass is 607 g/mol. The predicted molar refractivity (Wildman–Crippen MR) is 161 cm³/mol. The lowest BCUT2D eigenvalue weighted by Gasteiger charge is -2.32. The van der Waals surface area contributed by atoms with E-state index in [1.807, 2.05) is 17.9 Å². The van der Waals surface area contributed by atoms with Crippen LogP contribution in [0.4, 0.5) is 11.5 Å². The quantitative estimate of drug-likeness (QED) is 0.303. The normalized spacial score (nSPS) is 23.7. The summed E-state index contributed by atoms with van der Waals surface area (Å²) in [5.41, 5.74) is 8.55. The topological polar surface area (TPSA) is 172 Å². The summed E-state index contributed by atoms with van der Waals surface area (Å²) in [7, 11) is -3.67. The maximum absolute atomic E-state index is 13.5. The Balaban J connectivity index is 1.19. The van der Waals surface area contributed by atoms with Gasteiger partial charge in [-0.3, -0.25) is 14.3 Å². The van der Waals surface area contributed by atoms with Gasteiger partial charge in [-0.15, -0.1) is 5.10 Å². The predicted octanol–water partition coefficient (Wildman–Crippen LogP) is 2.92. The van der Waals surface area contributed by atoms with Crippen molar-refractivity contribution in [3.8, 4) is 11.3 Å². The van der Waals surface area contributed by atoms with Crippen LogP contribution < -0.4 is 15.8 Å². The van der Waals surface area contributed by atoms with E-state index in [4.69, 9.17) is 10.7 Å². The molecular formula is C30H37N7O5S. The molecule has 0 spiro atoms. The number of nitrogens with zero attached hydrogens (tertiary/aromatic N) is 4. The fraction of sp³-hybridized carbons (Fsp3) is 0.533. The molecule has 1 aliphatic heterocycles. The Hall–Kier alpha value is -3.71. The van der Waals surface area contributed by atoms with Crippen molar-refractivity contribution in [2.75, 3.05) is 16.7 Å². The first kappa shape index (κ1) is 28.1. The number of rotatable bonds is 8. The van der Waals surface area contributed by atoms with Crippen LogP contribution in [0.2, 0.25) is 0 Å². The average Bonchev–Trinajstić information content (AvgIpc) is 3.87. The van der Waals surface area contributed by atoms with Gasteiger partial charge in [-0.05, 0) is 93.9 Å². The lowest BCUT2D eigenvalue weighted by Crippen LogP contribution is -2.40. The number of fused-ring (bicyclic) bond motifs is 2. The number of carbonyl (C=O) groups is 2. The van der Waals surface area contributed by atoms with E-state index in [0.717, 1.165) is 63.2 Å². The van der Waals surface area contributed by atoms with Crippen LogP contribution >= 0.6 is 0 Å². The summed E-state index contributed by atoms with van der Waals surface area (Å²) < 4.78 is 28.6. The fourth-order valence-corrected chi connectivity index (χ4v) is 7.52. The van der Waals surface area contributed by atoms with Gasteiger partial charge < -0.3 is 21.1 Å². The van der Waals surface area contributed by atoms with E-state index in [1.54, 1.807) is 18.3 Å². The lowest BCUT2D eigenvalue weighted by molar-refractivity contribution is 0.0541. The molecule has 7 rings (SSSR count). The first-order valence-corrected chi connectivity index (χ1v) is 16.9. The number of hydrogen-bond acceptors (Lipinski definition) is 8. The highest BCUT2D eigenvalue weighted by Crippen LogP contribution is 2.48. The molecule has 13 heteroatoms. The van der Waals surface area contributed by atoms with E-state index in [-0.39, 0.29) is 46.6 Å². The van der Waals surface area contributed by atoms with Gasteiger partial charge in [0.25, 0.3) is 11.8 Å². The molecular weight excluding hydrogens is 570 g/mol. The second-order valence-electron chi connectivity index (χ2n) is 12.9. The first-order chi connectivity index (χ1) is 20.4. The van der Waals surface area contributed by atoms with Gasteiger partial charge in [0.15, 0.2) is 11.5 Å². The standard InChI is InChI=1S/C30H37N7O5S/c1-16(17-3-4-17)36-15-19-13-18(14-23(24(19)29(36)39)35-43(2,41)42)22-9-12-37-27(33-22)25(26(31)34-37)28(38)32-21-7-5-20(6-8-21)30(40)10-11-30/h9,12-14,16-17,20-21,35,40H,3-8,10-11,15H2,1-2H3,(H2,31,34)(H,32,38)/t16-,20?,21?/m0/s1. The zero-order valence-electron chi connectivity index (χ0n) is 24.3. The third-order valence-electron chi connectivity index (χ3n) is 9.75. The van der Waals surface area contributed by atoms with Crippen LogP contribution in [0.1, 0.15) is 84.6 Å². The summed E-state index contributed by atoms with van der Waals surface area (Å²) in [5, 5.41) is 17.9. The van der Waals surface area contributed by atoms with Gasteiger partial charge in [0.05, 0.1) is 28.8 Å². The number of sulfonamides is 1. The zero-order valence-corrected chi connectivity index (χ0v) is 25.2. The molecule has 0 unspecified atom stereocenters. The number of carbonyl (C=O) groups excluding carboxylic acids is 2. The Labute approximate surface area is 250 Å². The molecule has 0 radical (unpaired) electrons. The summed E-state index contributed by atoms with van der Waals surface area (Å²) in [5.74, 6) is 0.282.